The Kier molecular flexibility index (Phi) is 3.82. The van der Waals surface area contributed by atoms with E-state index in [1.165, 1.54) is 0 Å². The van der Waals surface area contributed by atoms with Crippen LogP contribution in [0.4, 0.5) is 5.69 Å². The van der Waals surface area contributed by atoms with E-state index in [0.717, 1.165) is 38.8 Å². The van der Waals surface area contributed by atoms with Crippen LogP contribution in [0, 0.1) is 5.92 Å². The highest BCUT2D eigenvalue weighted by molar-refractivity contribution is 5.95. The number of amides is 2. The molecule has 21 heavy (non-hydrogen) atoms. The summed E-state index contributed by atoms with van der Waals surface area (Å²) in [6.45, 7) is 1.49. The normalized spacial score (nSPS) is 19.3. The van der Waals surface area contributed by atoms with Crippen molar-refractivity contribution in [2.75, 3.05) is 18.8 Å². The Labute approximate surface area is 124 Å². The first kappa shape index (κ1) is 13.9. The molecule has 2 fully saturated rings. The fourth-order valence-corrected chi connectivity index (χ4v) is 2.78. The van der Waals surface area contributed by atoms with E-state index < -0.39 is 0 Å². The second-order valence-electron chi connectivity index (χ2n) is 5.97. The number of nitrogens with zero attached hydrogens (tertiary/aromatic N) is 1. The smallest absolute Gasteiger partial charge is 0.251 e. The van der Waals surface area contributed by atoms with Crippen LogP contribution < -0.4 is 11.1 Å². The fraction of sp³-hybridized carbons (Fsp3) is 0.500. The highest BCUT2D eigenvalue weighted by Gasteiger charge is 2.35. The van der Waals surface area contributed by atoms with E-state index in [0.29, 0.717) is 17.2 Å². The van der Waals surface area contributed by atoms with Gasteiger partial charge < -0.3 is 16.0 Å². The van der Waals surface area contributed by atoms with E-state index in [-0.39, 0.29) is 17.9 Å². The lowest BCUT2D eigenvalue weighted by Crippen LogP contribution is -2.47. The van der Waals surface area contributed by atoms with Crippen molar-refractivity contribution < 1.29 is 9.59 Å². The van der Waals surface area contributed by atoms with Crippen molar-refractivity contribution in [3.05, 3.63) is 29.8 Å². The molecular weight excluding hydrogens is 266 g/mol. The first-order valence-corrected chi connectivity index (χ1v) is 7.58. The highest BCUT2D eigenvalue weighted by Crippen LogP contribution is 2.31. The largest absolute Gasteiger partial charge is 0.399 e. The molecule has 0 radical (unpaired) electrons. The predicted octanol–water partition coefficient (Wildman–Crippen LogP) is 1.40. The summed E-state index contributed by atoms with van der Waals surface area (Å²) in [5.41, 5.74) is 6.87. The quantitative estimate of drug-likeness (QED) is 0.825. The summed E-state index contributed by atoms with van der Waals surface area (Å²) < 4.78 is 0. The lowest BCUT2D eigenvalue weighted by atomic mass is 10.0. The third kappa shape index (κ3) is 3.35. The third-order valence-corrected chi connectivity index (χ3v) is 4.22. The Morgan fingerprint density at radius 2 is 1.86 bits per heavy atom. The maximum absolute atomic E-state index is 12.2. The van der Waals surface area contributed by atoms with Gasteiger partial charge in [0.15, 0.2) is 0 Å². The fourth-order valence-electron chi connectivity index (χ4n) is 2.78. The van der Waals surface area contributed by atoms with Gasteiger partial charge in [-0.1, -0.05) is 6.07 Å². The molecule has 2 amide bonds. The van der Waals surface area contributed by atoms with Crippen molar-refractivity contribution in [1.82, 2.24) is 10.2 Å². The van der Waals surface area contributed by atoms with Crippen LogP contribution in [0.25, 0.3) is 0 Å². The Morgan fingerprint density at radius 3 is 2.48 bits per heavy atom. The Bertz CT molecular complexity index is 546. The van der Waals surface area contributed by atoms with E-state index in [1.54, 1.807) is 24.3 Å². The molecule has 0 spiro atoms. The summed E-state index contributed by atoms with van der Waals surface area (Å²) in [6, 6.07) is 7.13. The van der Waals surface area contributed by atoms with E-state index in [1.807, 2.05) is 4.90 Å². The third-order valence-electron chi connectivity index (χ3n) is 4.22. The molecule has 1 aliphatic carbocycles. The molecule has 5 heteroatoms. The average Bonchev–Trinajstić information content (AvgIpc) is 3.32. The topological polar surface area (TPSA) is 75.4 Å². The van der Waals surface area contributed by atoms with E-state index in [9.17, 15) is 9.59 Å². The number of benzene rings is 1. The molecule has 1 aliphatic heterocycles. The zero-order valence-electron chi connectivity index (χ0n) is 12.0. The average molecular weight is 287 g/mol. The lowest BCUT2D eigenvalue weighted by molar-refractivity contribution is -0.133. The van der Waals surface area contributed by atoms with Crippen LogP contribution in [-0.2, 0) is 4.79 Å². The van der Waals surface area contributed by atoms with Crippen molar-refractivity contribution in [2.45, 2.75) is 31.7 Å². The van der Waals surface area contributed by atoms with Gasteiger partial charge in [0.2, 0.25) is 5.91 Å². The van der Waals surface area contributed by atoms with Gasteiger partial charge in [-0.3, -0.25) is 9.59 Å². The van der Waals surface area contributed by atoms with Crippen LogP contribution in [0.2, 0.25) is 0 Å². The van der Waals surface area contributed by atoms with Crippen molar-refractivity contribution in [3.63, 3.8) is 0 Å². The van der Waals surface area contributed by atoms with Crippen LogP contribution in [0.1, 0.15) is 36.0 Å². The van der Waals surface area contributed by atoms with Gasteiger partial charge in [-0.05, 0) is 43.9 Å². The zero-order valence-corrected chi connectivity index (χ0v) is 12.0. The summed E-state index contributed by atoms with van der Waals surface area (Å²) in [7, 11) is 0. The number of likely N-dealkylation sites (tertiary alicyclic amines) is 1. The molecule has 0 atom stereocenters. The predicted molar refractivity (Wildman–Crippen MR) is 80.6 cm³/mol. The van der Waals surface area contributed by atoms with Crippen molar-refractivity contribution in [3.8, 4) is 0 Å². The first-order chi connectivity index (χ1) is 10.1. The van der Waals surface area contributed by atoms with Gasteiger partial charge in [-0.2, -0.15) is 0 Å². The van der Waals surface area contributed by atoms with Crippen molar-refractivity contribution in [2.24, 2.45) is 5.92 Å². The van der Waals surface area contributed by atoms with Gasteiger partial charge in [-0.25, -0.2) is 0 Å². The molecule has 2 aliphatic rings. The number of piperidine rings is 1. The second-order valence-corrected chi connectivity index (χ2v) is 5.97. The molecule has 3 rings (SSSR count). The Balaban J connectivity index is 1.50. The molecular formula is C16H21N3O2. The van der Waals surface area contributed by atoms with Crippen LogP contribution in [0.5, 0.6) is 0 Å². The number of hydrogen-bond acceptors (Lipinski definition) is 3. The minimum atomic E-state index is -0.0886. The molecule has 1 aromatic rings. The van der Waals surface area contributed by atoms with E-state index in [4.69, 9.17) is 5.73 Å². The number of nitrogens with two attached hydrogens (primary N) is 1. The molecule has 5 nitrogen and oxygen atoms in total. The summed E-state index contributed by atoms with van der Waals surface area (Å²) in [5, 5.41) is 3.03. The second kappa shape index (κ2) is 5.76. The van der Waals surface area contributed by atoms with Crippen LogP contribution >= 0.6 is 0 Å². The molecule has 0 unspecified atom stereocenters. The zero-order chi connectivity index (χ0) is 14.8. The molecule has 1 heterocycles. The molecule has 3 N–H and O–H groups in total. The summed E-state index contributed by atoms with van der Waals surface area (Å²) in [6.07, 6.45) is 3.74. The monoisotopic (exact) mass is 287 g/mol. The van der Waals surface area contributed by atoms with Gasteiger partial charge in [0.05, 0.1) is 0 Å². The van der Waals surface area contributed by atoms with Gasteiger partial charge >= 0.3 is 0 Å². The van der Waals surface area contributed by atoms with Gasteiger partial charge in [-0.15, -0.1) is 0 Å². The van der Waals surface area contributed by atoms with Crippen LogP contribution in [0.15, 0.2) is 24.3 Å². The summed E-state index contributed by atoms with van der Waals surface area (Å²) >= 11 is 0. The number of nitrogen functional groups attached to an aromatic ring is 1. The first-order valence-electron chi connectivity index (χ1n) is 7.58. The molecule has 1 aromatic carbocycles. The SMILES string of the molecule is Nc1cccc(C(=O)NC2CCN(C(=O)C3CC3)CC2)c1. The summed E-state index contributed by atoms with van der Waals surface area (Å²) in [4.78, 5) is 26.1. The van der Waals surface area contributed by atoms with E-state index >= 15 is 0 Å². The highest BCUT2D eigenvalue weighted by atomic mass is 16.2. The van der Waals surface area contributed by atoms with E-state index in [2.05, 4.69) is 5.32 Å². The van der Waals surface area contributed by atoms with Crippen molar-refractivity contribution >= 4 is 17.5 Å². The van der Waals surface area contributed by atoms with Crippen LogP contribution in [-0.4, -0.2) is 35.8 Å². The standard InChI is InChI=1S/C16H21N3O2/c17-13-3-1-2-12(10-13)15(20)18-14-6-8-19(9-7-14)16(21)11-4-5-11/h1-3,10-11,14H,4-9,17H2,(H,18,20). The minimum absolute atomic E-state index is 0.0886. The molecule has 112 valence electrons. The number of nitrogens with one attached hydrogen (secondary N) is 1. The Morgan fingerprint density at radius 1 is 1.14 bits per heavy atom. The molecule has 1 saturated heterocycles. The van der Waals surface area contributed by atoms with Gasteiger partial charge in [0.1, 0.15) is 0 Å². The minimum Gasteiger partial charge on any atom is -0.399 e. The Hall–Kier alpha value is -2.04. The lowest BCUT2D eigenvalue weighted by Gasteiger charge is -2.32. The number of rotatable bonds is 3. The molecule has 1 saturated carbocycles. The maximum Gasteiger partial charge on any atom is 0.251 e. The summed E-state index contributed by atoms with van der Waals surface area (Å²) in [5.74, 6) is 0.494. The van der Waals surface area contributed by atoms with Crippen molar-refractivity contribution in [1.29, 1.82) is 0 Å². The molecule has 0 bridgehead atoms. The number of carbonyl (C=O) groups is 2. The van der Waals surface area contributed by atoms with Gasteiger partial charge in [0.25, 0.3) is 5.91 Å². The van der Waals surface area contributed by atoms with Gasteiger partial charge in [0, 0.05) is 36.3 Å². The number of anilines is 1. The number of hydrogen-bond donors (Lipinski definition) is 2. The molecule has 0 aromatic heterocycles. The number of carbonyl (C=O) groups excluding carboxylic acids is 2. The van der Waals surface area contributed by atoms with Crippen LogP contribution in [0.3, 0.4) is 0 Å². The maximum atomic E-state index is 12.2.